The van der Waals surface area contributed by atoms with E-state index in [4.69, 9.17) is 16.3 Å². The van der Waals surface area contributed by atoms with E-state index in [1.807, 2.05) is 0 Å². The Labute approximate surface area is 91.3 Å². The van der Waals surface area contributed by atoms with Gasteiger partial charge in [0.1, 0.15) is 0 Å². The minimum absolute atomic E-state index is 0.175. The third-order valence-electron chi connectivity index (χ3n) is 3.57. The molecule has 1 heterocycles. The zero-order chi connectivity index (χ0) is 9.86. The molecule has 3 heteroatoms. The van der Waals surface area contributed by atoms with Crippen LogP contribution in [0.2, 0.25) is 0 Å². The lowest BCUT2D eigenvalue weighted by Crippen LogP contribution is -2.54. The molecule has 2 aliphatic rings. The van der Waals surface area contributed by atoms with Crippen LogP contribution >= 0.6 is 11.6 Å². The summed E-state index contributed by atoms with van der Waals surface area (Å²) in [7, 11) is 0. The fourth-order valence-corrected chi connectivity index (χ4v) is 2.93. The highest BCUT2D eigenvalue weighted by Gasteiger charge is 2.34. The molecule has 0 atom stereocenters. The predicted octanol–water partition coefficient (Wildman–Crippen LogP) is 2.31. The van der Waals surface area contributed by atoms with Crippen LogP contribution in [0.15, 0.2) is 0 Å². The zero-order valence-electron chi connectivity index (χ0n) is 8.73. The van der Waals surface area contributed by atoms with Gasteiger partial charge >= 0.3 is 0 Å². The molecule has 0 amide bonds. The summed E-state index contributed by atoms with van der Waals surface area (Å²) in [5.41, 5.74) is 0.175. The van der Waals surface area contributed by atoms with E-state index in [2.05, 4.69) is 5.32 Å². The maximum atomic E-state index is 6.10. The minimum atomic E-state index is 0.175. The molecule has 14 heavy (non-hydrogen) atoms. The topological polar surface area (TPSA) is 21.3 Å². The van der Waals surface area contributed by atoms with Crippen LogP contribution in [0.25, 0.3) is 0 Å². The third-order valence-corrected chi connectivity index (χ3v) is 4.08. The molecule has 2 rings (SSSR count). The molecule has 0 aromatic heterocycles. The Hall–Kier alpha value is 0.210. The van der Waals surface area contributed by atoms with E-state index in [1.165, 1.54) is 25.7 Å². The Balaban J connectivity index is 1.89. The van der Waals surface area contributed by atoms with Crippen molar-refractivity contribution in [2.24, 2.45) is 0 Å². The number of nitrogens with one attached hydrogen (secondary N) is 1. The van der Waals surface area contributed by atoms with Crippen LogP contribution in [0.1, 0.15) is 38.5 Å². The highest BCUT2D eigenvalue weighted by Crippen LogP contribution is 2.27. The Bertz CT molecular complexity index is 174. The predicted molar refractivity (Wildman–Crippen MR) is 58.9 cm³/mol. The van der Waals surface area contributed by atoms with Crippen LogP contribution < -0.4 is 5.32 Å². The zero-order valence-corrected chi connectivity index (χ0v) is 9.48. The molecule has 1 aliphatic heterocycles. The highest BCUT2D eigenvalue weighted by atomic mass is 35.5. The molecule has 0 radical (unpaired) electrons. The summed E-state index contributed by atoms with van der Waals surface area (Å²) in [6, 6.07) is 0.715. The Morgan fingerprint density at radius 1 is 1.21 bits per heavy atom. The van der Waals surface area contributed by atoms with Gasteiger partial charge in [0, 0.05) is 30.7 Å². The van der Waals surface area contributed by atoms with Gasteiger partial charge in [0.05, 0.1) is 0 Å². The number of hydrogen-bond acceptors (Lipinski definition) is 2. The average molecular weight is 218 g/mol. The first-order chi connectivity index (χ1) is 6.85. The number of halogens is 1. The lowest BCUT2D eigenvalue weighted by Gasteiger charge is -2.38. The lowest BCUT2D eigenvalue weighted by atomic mass is 9.91. The lowest BCUT2D eigenvalue weighted by molar-refractivity contribution is 0.0421. The van der Waals surface area contributed by atoms with Crippen molar-refractivity contribution >= 4 is 11.6 Å². The van der Waals surface area contributed by atoms with Gasteiger partial charge < -0.3 is 10.1 Å². The smallest absolute Gasteiger partial charge is 0.0484 e. The molecule has 82 valence electrons. The minimum Gasteiger partial charge on any atom is -0.381 e. The van der Waals surface area contributed by atoms with Crippen molar-refractivity contribution in [2.75, 3.05) is 19.1 Å². The highest BCUT2D eigenvalue weighted by molar-refractivity contribution is 6.18. The summed E-state index contributed by atoms with van der Waals surface area (Å²) in [6.45, 7) is 1.74. The summed E-state index contributed by atoms with van der Waals surface area (Å²) < 4.78 is 5.39. The fraction of sp³-hybridized carbons (Fsp3) is 1.00. The van der Waals surface area contributed by atoms with E-state index < -0.39 is 0 Å². The maximum Gasteiger partial charge on any atom is 0.0484 e. The summed E-state index contributed by atoms with van der Waals surface area (Å²) in [5.74, 6) is 0.729. The van der Waals surface area contributed by atoms with Crippen molar-refractivity contribution in [3.8, 4) is 0 Å². The summed E-state index contributed by atoms with van der Waals surface area (Å²) in [5, 5.41) is 3.77. The van der Waals surface area contributed by atoms with E-state index in [9.17, 15) is 0 Å². The van der Waals surface area contributed by atoms with Gasteiger partial charge in [-0.1, -0.05) is 12.8 Å². The molecule has 1 aliphatic carbocycles. The second-order valence-corrected chi connectivity index (χ2v) is 4.92. The van der Waals surface area contributed by atoms with Gasteiger partial charge in [-0.05, 0) is 25.7 Å². The molecule has 0 spiro atoms. The van der Waals surface area contributed by atoms with Gasteiger partial charge in [0.2, 0.25) is 0 Å². The van der Waals surface area contributed by atoms with Gasteiger partial charge in [0.25, 0.3) is 0 Å². The number of alkyl halides is 1. The van der Waals surface area contributed by atoms with Crippen molar-refractivity contribution in [1.29, 1.82) is 0 Å². The molecule has 2 fully saturated rings. The molecule has 0 aromatic rings. The second-order valence-electron chi connectivity index (χ2n) is 4.65. The van der Waals surface area contributed by atoms with Crippen LogP contribution in [0.5, 0.6) is 0 Å². The largest absolute Gasteiger partial charge is 0.381 e. The standard InChI is InChI=1S/C11H20ClNO/c12-9-11(5-7-14-8-6-11)13-10-3-1-2-4-10/h10,13H,1-9H2. The van der Waals surface area contributed by atoms with Gasteiger partial charge in [-0.3, -0.25) is 0 Å². The summed E-state index contributed by atoms with van der Waals surface area (Å²) >= 11 is 6.10. The molecule has 0 aromatic carbocycles. The monoisotopic (exact) mass is 217 g/mol. The second kappa shape index (κ2) is 4.82. The van der Waals surface area contributed by atoms with E-state index in [-0.39, 0.29) is 5.54 Å². The van der Waals surface area contributed by atoms with Crippen molar-refractivity contribution in [2.45, 2.75) is 50.1 Å². The average Bonchev–Trinajstić information content (AvgIpc) is 2.72. The Morgan fingerprint density at radius 3 is 2.43 bits per heavy atom. The van der Waals surface area contributed by atoms with Crippen molar-refractivity contribution in [3.05, 3.63) is 0 Å². The van der Waals surface area contributed by atoms with E-state index in [0.29, 0.717) is 6.04 Å². The van der Waals surface area contributed by atoms with Gasteiger partial charge in [-0.25, -0.2) is 0 Å². The van der Waals surface area contributed by atoms with Crippen molar-refractivity contribution < 1.29 is 4.74 Å². The molecule has 1 N–H and O–H groups in total. The quantitative estimate of drug-likeness (QED) is 0.733. The number of ether oxygens (including phenoxy) is 1. The normalized spacial score (nSPS) is 28.1. The molecule has 0 bridgehead atoms. The van der Waals surface area contributed by atoms with Gasteiger partial charge in [-0.2, -0.15) is 0 Å². The number of hydrogen-bond donors (Lipinski definition) is 1. The first-order valence-electron chi connectivity index (χ1n) is 5.76. The fourth-order valence-electron chi connectivity index (χ4n) is 2.58. The molecular weight excluding hydrogens is 198 g/mol. The molecule has 2 nitrogen and oxygen atoms in total. The SMILES string of the molecule is ClCC1(NC2CCCC2)CCOCC1. The molecule has 1 saturated carbocycles. The van der Waals surface area contributed by atoms with Gasteiger partial charge in [-0.15, -0.1) is 11.6 Å². The van der Waals surface area contributed by atoms with Crippen molar-refractivity contribution in [3.63, 3.8) is 0 Å². The van der Waals surface area contributed by atoms with Crippen molar-refractivity contribution in [1.82, 2.24) is 5.32 Å². The maximum absolute atomic E-state index is 6.10. The molecule has 0 unspecified atom stereocenters. The van der Waals surface area contributed by atoms with Gasteiger partial charge in [0.15, 0.2) is 0 Å². The summed E-state index contributed by atoms with van der Waals surface area (Å²) in [6.07, 6.45) is 7.58. The Kier molecular flexibility index (Phi) is 3.69. The summed E-state index contributed by atoms with van der Waals surface area (Å²) in [4.78, 5) is 0. The van der Waals surface area contributed by atoms with Crippen LogP contribution in [-0.2, 0) is 4.74 Å². The first kappa shape index (κ1) is 10.7. The van der Waals surface area contributed by atoms with Crippen LogP contribution in [0.3, 0.4) is 0 Å². The van der Waals surface area contributed by atoms with E-state index in [1.54, 1.807) is 0 Å². The van der Waals surface area contributed by atoms with E-state index in [0.717, 1.165) is 31.9 Å². The van der Waals surface area contributed by atoms with Crippen LogP contribution in [0.4, 0.5) is 0 Å². The third kappa shape index (κ3) is 2.41. The first-order valence-corrected chi connectivity index (χ1v) is 6.29. The Morgan fingerprint density at radius 2 is 1.86 bits per heavy atom. The molecule has 1 saturated heterocycles. The van der Waals surface area contributed by atoms with E-state index >= 15 is 0 Å². The molecular formula is C11H20ClNO. The number of rotatable bonds is 3. The van der Waals surface area contributed by atoms with Crippen LogP contribution in [-0.4, -0.2) is 30.7 Å². The van der Waals surface area contributed by atoms with Crippen LogP contribution in [0, 0.1) is 0 Å².